The molecule has 0 aliphatic rings. The normalized spacial score (nSPS) is 11.6. The van der Waals surface area contributed by atoms with Crippen molar-refractivity contribution < 1.29 is 14.3 Å². The van der Waals surface area contributed by atoms with Crippen molar-refractivity contribution in [3.63, 3.8) is 0 Å². The molecule has 0 radical (unpaired) electrons. The number of carbonyl (C=O) groups is 1. The molecule has 4 nitrogen and oxygen atoms in total. The summed E-state index contributed by atoms with van der Waals surface area (Å²) in [5.41, 5.74) is 2.23. The fourth-order valence-corrected chi connectivity index (χ4v) is 3.53. The van der Waals surface area contributed by atoms with Crippen LogP contribution in [0.2, 0.25) is 0 Å². The van der Waals surface area contributed by atoms with Gasteiger partial charge in [-0.05, 0) is 43.0 Å². The van der Waals surface area contributed by atoms with Crippen LogP contribution in [-0.2, 0) is 4.79 Å². The molecule has 0 saturated carbocycles. The molecule has 27 heavy (non-hydrogen) atoms. The number of carbonyl (C=O) groups excluding carboxylic acids is 1. The number of amides is 1. The predicted molar refractivity (Wildman–Crippen MR) is 109 cm³/mol. The molecule has 3 rings (SSSR count). The maximum absolute atomic E-state index is 12.6. The minimum absolute atomic E-state index is 0.0716. The zero-order valence-electron chi connectivity index (χ0n) is 15.5. The van der Waals surface area contributed by atoms with Crippen molar-refractivity contribution >= 4 is 17.2 Å². The van der Waals surface area contributed by atoms with Gasteiger partial charge in [-0.3, -0.25) is 4.79 Å². The number of rotatable bonds is 8. The van der Waals surface area contributed by atoms with Crippen molar-refractivity contribution in [1.82, 2.24) is 5.32 Å². The molecule has 0 spiro atoms. The minimum atomic E-state index is -0.191. The Labute approximate surface area is 163 Å². The van der Waals surface area contributed by atoms with Crippen LogP contribution in [-0.4, -0.2) is 19.1 Å². The van der Waals surface area contributed by atoms with Gasteiger partial charge < -0.3 is 14.8 Å². The zero-order chi connectivity index (χ0) is 19.1. The quantitative estimate of drug-likeness (QED) is 0.613. The van der Waals surface area contributed by atoms with E-state index < -0.39 is 0 Å². The average Bonchev–Trinajstić information content (AvgIpc) is 3.21. The molecule has 0 aliphatic carbocycles. The van der Waals surface area contributed by atoms with E-state index in [9.17, 15) is 4.79 Å². The number of thiophene rings is 1. The third kappa shape index (κ3) is 5.11. The topological polar surface area (TPSA) is 47.6 Å². The first-order valence-electron chi connectivity index (χ1n) is 8.91. The van der Waals surface area contributed by atoms with Gasteiger partial charge >= 0.3 is 0 Å². The smallest absolute Gasteiger partial charge is 0.258 e. The highest BCUT2D eigenvalue weighted by Gasteiger charge is 2.18. The van der Waals surface area contributed by atoms with Crippen LogP contribution < -0.4 is 14.8 Å². The Morgan fingerprint density at radius 1 is 1.00 bits per heavy atom. The number of hydrogen-bond acceptors (Lipinski definition) is 4. The molecule has 0 unspecified atom stereocenters. The molecular weight excluding hydrogens is 358 g/mol. The molecule has 1 N–H and O–H groups in total. The van der Waals surface area contributed by atoms with Crippen LogP contribution in [0.25, 0.3) is 0 Å². The zero-order valence-corrected chi connectivity index (χ0v) is 16.3. The minimum Gasteiger partial charge on any atom is -0.490 e. The summed E-state index contributed by atoms with van der Waals surface area (Å²) in [6.07, 6.45) is 0. The Balaban J connectivity index is 1.69. The van der Waals surface area contributed by atoms with Gasteiger partial charge in [-0.1, -0.05) is 48.0 Å². The molecule has 3 aromatic rings. The van der Waals surface area contributed by atoms with Crippen LogP contribution in [0, 0.1) is 6.92 Å². The molecule has 1 amide bonds. The van der Waals surface area contributed by atoms with Crippen LogP contribution in [0.3, 0.4) is 0 Å². The molecule has 0 aliphatic heterocycles. The standard InChI is InChI=1S/C22H23NO3S/c1-3-25-18-7-4-5-8-19(18)26-15-21(24)23-22(20-9-6-14-27-20)17-12-10-16(2)11-13-17/h4-14,22H,3,15H2,1-2H3,(H,23,24)/t22-/m1/s1. The Hall–Kier alpha value is -2.79. The predicted octanol–water partition coefficient (Wildman–Crippen LogP) is 4.74. The van der Waals surface area contributed by atoms with E-state index in [1.54, 1.807) is 17.4 Å². The molecule has 1 heterocycles. The lowest BCUT2D eigenvalue weighted by Crippen LogP contribution is -2.33. The Kier molecular flexibility index (Phi) is 6.49. The maximum Gasteiger partial charge on any atom is 0.258 e. The summed E-state index contributed by atoms with van der Waals surface area (Å²) >= 11 is 1.62. The van der Waals surface area contributed by atoms with E-state index in [1.807, 2.05) is 61.7 Å². The van der Waals surface area contributed by atoms with Gasteiger partial charge in [0, 0.05) is 4.88 Å². The lowest BCUT2D eigenvalue weighted by molar-refractivity contribution is -0.123. The van der Waals surface area contributed by atoms with E-state index in [4.69, 9.17) is 9.47 Å². The summed E-state index contributed by atoms with van der Waals surface area (Å²) in [5, 5.41) is 5.09. The lowest BCUT2D eigenvalue weighted by atomic mass is 10.0. The van der Waals surface area contributed by atoms with Crippen molar-refractivity contribution in [3.05, 3.63) is 82.0 Å². The molecule has 0 saturated heterocycles. The fourth-order valence-electron chi connectivity index (χ4n) is 2.72. The van der Waals surface area contributed by atoms with E-state index in [1.165, 1.54) is 5.56 Å². The molecular formula is C22H23NO3S. The van der Waals surface area contributed by atoms with Crippen LogP contribution in [0.5, 0.6) is 11.5 Å². The van der Waals surface area contributed by atoms with Crippen molar-refractivity contribution in [1.29, 1.82) is 0 Å². The number of para-hydroxylation sites is 2. The van der Waals surface area contributed by atoms with Crippen molar-refractivity contribution in [2.75, 3.05) is 13.2 Å². The summed E-state index contributed by atoms with van der Waals surface area (Å²) in [4.78, 5) is 13.6. The fraction of sp³-hybridized carbons (Fsp3) is 0.227. The number of benzene rings is 2. The molecule has 2 aromatic carbocycles. The van der Waals surface area contributed by atoms with Gasteiger partial charge in [0.05, 0.1) is 12.6 Å². The van der Waals surface area contributed by atoms with Gasteiger partial charge in [0.2, 0.25) is 0 Å². The lowest BCUT2D eigenvalue weighted by Gasteiger charge is -2.19. The third-order valence-electron chi connectivity index (χ3n) is 4.05. The molecule has 1 atom stereocenters. The van der Waals surface area contributed by atoms with Gasteiger partial charge in [-0.2, -0.15) is 0 Å². The van der Waals surface area contributed by atoms with Gasteiger partial charge in [0.1, 0.15) is 0 Å². The molecule has 0 fully saturated rings. The van der Waals surface area contributed by atoms with Gasteiger partial charge in [-0.15, -0.1) is 11.3 Å². The second kappa shape index (κ2) is 9.24. The van der Waals surface area contributed by atoms with Crippen LogP contribution >= 0.6 is 11.3 Å². The second-order valence-electron chi connectivity index (χ2n) is 6.10. The van der Waals surface area contributed by atoms with Crippen LogP contribution in [0.4, 0.5) is 0 Å². The van der Waals surface area contributed by atoms with Crippen molar-refractivity contribution in [2.45, 2.75) is 19.9 Å². The average molecular weight is 381 g/mol. The molecule has 5 heteroatoms. The Morgan fingerprint density at radius 2 is 1.70 bits per heavy atom. The summed E-state index contributed by atoms with van der Waals surface area (Å²) in [5.74, 6) is 1.03. The van der Waals surface area contributed by atoms with E-state index in [0.717, 1.165) is 10.4 Å². The summed E-state index contributed by atoms with van der Waals surface area (Å²) in [7, 11) is 0. The van der Waals surface area contributed by atoms with Crippen LogP contribution in [0.1, 0.15) is 29.0 Å². The SMILES string of the molecule is CCOc1ccccc1OCC(=O)N[C@H](c1ccc(C)cc1)c1cccs1. The second-order valence-corrected chi connectivity index (χ2v) is 7.07. The highest BCUT2D eigenvalue weighted by molar-refractivity contribution is 7.10. The third-order valence-corrected chi connectivity index (χ3v) is 4.99. The monoisotopic (exact) mass is 381 g/mol. The highest BCUT2D eigenvalue weighted by Crippen LogP contribution is 2.28. The van der Waals surface area contributed by atoms with E-state index in [0.29, 0.717) is 18.1 Å². The number of nitrogens with one attached hydrogen (secondary N) is 1. The van der Waals surface area contributed by atoms with E-state index >= 15 is 0 Å². The first kappa shape index (κ1) is 19.0. The van der Waals surface area contributed by atoms with Crippen molar-refractivity contribution in [2.24, 2.45) is 0 Å². The number of ether oxygens (including phenoxy) is 2. The Bertz CT molecular complexity index is 860. The maximum atomic E-state index is 12.6. The number of hydrogen-bond donors (Lipinski definition) is 1. The molecule has 0 bridgehead atoms. The highest BCUT2D eigenvalue weighted by atomic mass is 32.1. The summed E-state index contributed by atoms with van der Waals surface area (Å²) in [6.45, 7) is 4.43. The van der Waals surface area contributed by atoms with Crippen molar-refractivity contribution in [3.8, 4) is 11.5 Å². The van der Waals surface area contributed by atoms with Gasteiger partial charge in [0.25, 0.3) is 5.91 Å². The van der Waals surface area contributed by atoms with Crippen LogP contribution in [0.15, 0.2) is 66.0 Å². The summed E-state index contributed by atoms with van der Waals surface area (Å²) in [6, 6.07) is 19.4. The Morgan fingerprint density at radius 3 is 2.33 bits per heavy atom. The summed E-state index contributed by atoms with van der Waals surface area (Å²) < 4.78 is 11.2. The molecule has 140 valence electrons. The first-order valence-corrected chi connectivity index (χ1v) is 9.79. The largest absolute Gasteiger partial charge is 0.490 e. The molecule has 1 aromatic heterocycles. The number of aryl methyl sites for hydroxylation is 1. The van der Waals surface area contributed by atoms with Gasteiger partial charge in [0.15, 0.2) is 18.1 Å². The van der Waals surface area contributed by atoms with Gasteiger partial charge in [-0.25, -0.2) is 0 Å². The van der Waals surface area contributed by atoms with E-state index in [-0.39, 0.29) is 18.6 Å². The van der Waals surface area contributed by atoms with E-state index in [2.05, 4.69) is 17.4 Å². The first-order chi connectivity index (χ1) is 13.2.